The number of guanidine groups is 1. The van der Waals surface area contributed by atoms with Crippen molar-refractivity contribution in [3.8, 4) is 0 Å². The normalized spacial score (nSPS) is 28.5. The molecule has 2 amide bonds. The van der Waals surface area contributed by atoms with E-state index >= 15 is 0 Å². The molecule has 5 atom stereocenters. The fraction of sp³-hybridized carbons (Fsp3) is 0.450. The lowest BCUT2D eigenvalue weighted by atomic mass is 9.85. The van der Waals surface area contributed by atoms with E-state index in [-0.39, 0.29) is 84.6 Å². The van der Waals surface area contributed by atoms with Crippen LogP contribution in [0.4, 0.5) is 0 Å². The van der Waals surface area contributed by atoms with Crippen molar-refractivity contribution in [1.29, 1.82) is 0 Å². The zero-order valence-corrected chi connectivity index (χ0v) is 19.7. The first kappa shape index (κ1) is 22.4. The number of hydrogen-bond acceptors (Lipinski definition) is 3. The van der Waals surface area contributed by atoms with E-state index in [0.717, 1.165) is 12.0 Å². The molecular formula is C20H23Cl2IN4O2. The maximum Gasteiger partial charge on any atom is 0.233 e. The highest BCUT2D eigenvalue weighted by Gasteiger charge is 2.58. The van der Waals surface area contributed by atoms with Crippen LogP contribution in [0.15, 0.2) is 35.3 Å². The number of fused-ring (bicyclic) bond motifs is 5. The fourth-order valence-corrected chi connectivity index (χ4v) is 5.22. The van der Waals surface area contributed by atoms with E-state index in [1.165, 1.54) is 4.90 Å². The monoisotopic (exact) mass is 548 g/mol. The maximum atomic E-state index is 12.6. The minimum atomic E-state index is -0.172. The van der Waals surface area contributed by atoms with Crippen LogP contribution in [0.2, 0.25) is 10.0 Å². The molecule has 29 heavy (non-hydrogen) atoms. The van der Waals surface area contributed by atoms with Crippen molar-refractivity contribution in [3.63, 3.8) is 0 Å². The van der Waals surface area contributed by atoms with Gasteiger partial charge in [-0.2, -0.15) is 0 Å². The summed E-state index contributed by atoms with van der Waals surface area (Å²) in [4.78, 5) is 30.9. The molecule has 1 saturated carbocycles. The van der Waals surface area contributed by atoms with Gasteiger partial charge in [0.2, 0.25) is 11.8 Å². The maximum absolute atomic E-state index is 12.6. The van der Waals surface area contributed by atoms with Gasteiger partial charge in [-0.25, -0.2) is 0 Å². The highest BCUT2D eigenvalue weighted by molar-refractivity contribution is 14.0. The van der Waals surface area contributed by atoms with Crippen molar-refractivity contribution in [1.82, 2.24) is 10.2 Å². The minimum absolute atomic E-state index is 0. The fourth-order valence-electron chi connectivity index (χ4n) is 4.65. The Hall–Kier alpha value is -1.32. The summed E-state index contributed by atoms with van der Waals surface area (Å²) in [7, 11) is 0. The molecule has 1 aromatic carbocycles. The van der Waals surface area contributed by atoms with Crippen LogP contribution in [0, 0.1) is 23.7 Å². The first-order valence-electron chi connectivity index (χ1n) is 9.41. The highest BCUT2D eigenvalue weighted by atomic mass is 127. The molecule has 1 saturated heterocycles. The van der Waals surface area contributed by atoms with E-state index in [9.17, 15) is 9.59 Å². The minimum Gasteiger partial charge on any atom is -0.370 e. The second-order valence-corrected chi connectivity index (χ2v) is 8.47. The van der Waals surface area contributed by atoms with Crippen LogP contribution >= 0.6 is 47.2 Å². The molecule has 3 aliphatic rings. The number of rotatable bonds is 5. The molecule has 6 nitrogen and oxygen atoms in total. The Kier molecular flexibility index (Phi) is 6.80. The molecule has 1 aromatic rings. The number of imide groups is 1. The van der Waals surface area contributed by atoms with Crippen LogP contribution in [0.25, 0.3) is 0 Å². The number of nitrogens with one attached hydrogen (secondary N) is 1. The lowest BCUT2D eigenvalue weighted by Crippen LogP contribution is -2.37. The molecule has 3 N–H and O–H groups in total. The Bertz CT molecular complexity index is 861. The molecule has 4 rings (SSSR count). The summed E-state index contributed by atoms with van der Waals surface area (Å²) in [5, 5.41) is 4.18. The van der Waals surface area contributed by atoms with Crippen LogP contribution in [-0.4, -0.2) is 35.8 Å². The van der Waals surface area contributed by atoms with E-state index in [2.05, 4.69) is 22.5 Å². The molecule has 2 bridgehead atoms. The largest absolute Gasteiger partial charge is 0.370 e. The van der Waals surface area contributed by atoms with Crippen LogP contribution in [-0.2, 0) is 9.59 Å². The zero-order valence-electron chi connectivity index (χ0n) is 15.8. The zero-order chi connectivity index (χ0) is 20.0. The molecule has 0 radical (unpaired) electrons. The van der Waals surface area contributed by atoms with Gasteiger partial charge in [0, 0.05) is 16.6 Å². The number of carbonyl (C=O) groups excluding carboxylic acids is 2. The number of nitrogens with zero attached hydrogens (tertiary/aromatic N) is 2. The summed E-state index contributed by atoms with van der Waals surface area (Å²) >= 11 is 12.1. The lowest BCUT2D eigenvalue weighted by Gasteiger charge is -2.18. The number of aliphatic imine (C=N–C) groups is 1. The number of hydrogen-bond donors (Lipinski definition) is 2. The standard InChI is InChI=1S/C20H22Cl2N4O2.HI/c1-10(14-5-4-13(21)9-15(14)22)25-20(23)24-6-7-26-18(27)16-11-2-3-12(8-11)17(16)19(26)28;/h2-5,9-12,16-17H,6-8H2,1H3,(H3,23,24,25);1H. The summed E-state index contributed by atoms with van der Waals surface area (Å²) in [5.74, 6) is 0.209. The van der Waals surface area contributed by atoms with E-state index in [0.29, 0.717) is 10.0 Å². The summed E-state index contributed by atoms with van der Waals surface area (Å²) in [5.41, 5.74) is 6.82. The van der Waals surface area contributed by atoms with Gasteiger partial charge in [-0.1, -0.05) is 41.4 Å². The van der Waals surface area contributed by atoms with Crippen LogP contribution < -0.4 is 11.1 Å². The summed E-state index contributed by atoms with van der Waals surface area (Å²) in [6.45, 7) is 2.43. The van der Waals surface area contributed by atoms with Crippen molar-refractivity contribution >= 4 is 65.0 Å². The number of nitrogens with two attached hydrogens (primary N) is 1. The highest BCUT2D eigenvalue weighted by Crippen LogP contribution is 2.52. The number of amides is 2. The third-order valence-electron chi connectivity index (χ3n) is 5.96. The third kappa shape index (κ3) is 4.14. The summed E-state index contributed by atoms with van der Waals surface area (Å²) in [6.07, 6.45) is 5.11. The van der Waals surface area contributed by atoms with Gasteiger partial charge in [-0.05, 0) is 42.9 Å². The van der Waals surface area contributed by atoms with Crippen molar-refractivity contribution in [2.45, 2.75) is 19.4 Å². The summed E-state index contributed by atoms with van der Waals surface area (Å²) < 4.78 is 0. The predicted molar refractivity (Wildman–Crippen MR) is 124 cm³/mol. The van der Waals surface area contributed by atoms with E-state index in [4.69, 9.17) is 28.9 Å². The van der Waals surface area contributed by atoms with Gasteiger partial charge >= 0.3 is 0 Å². The SMILES string of the molecule is CC(NC(N)=NCCN1C(=O)C2C3C=CC(C3)C2C1=O)c1ccc(Cl)cc1Cl.I. The molecule has 2 aliphatic carbocycles. The van der Waals surface area contributed by atoms with Crippen molar-refractivity contribution < 1.29 is 9.59 Å². The Morgan fingerprint density at radius 3 is 2.45 bits per heavy atom. The number of likely N-dealkylation sites (tertiary alicyclic amines) is 1. The topological polar surface area (TPSA) is 87.8 Å². The Morgan fingerprint density at radius 2 is 1.86 bits per heavy atom. The molecule has 9 heteroatoms. The molecule has 2 fully saturated rings. The second kappa shape index (κ2) is 8.81. The first-order chi connectivity index (χ1) is 13.4. The van der Waals surface area contributed by atoms with Crippen LogP contribution in [0.3, 0.4) is 0 Å². The smallest absolute Gasteiger partial charge is 0.233 e. The number of allylic oxidation sites excluding steroid dienone is 2. The molecule has 1 aliphatic heterocycles. The third-order valence-corrected chi connectivity index (χ3v) is 6.52. The van der Waals surface area contributed by atoms with Gasteiger partial charge < -0.3 is 11.1 Å². The van der Waals surface area contributed by atoms with Gasteiger partial charge in [0.25, 0.3) is 0 Å². The molecule has 0 spiro atoms. The van der Waals surface area contributed by atoms with E-state index in [1.54, 1.807) is 12.1 Å². The van der Waals surface area contributed by atoms with Gasteiger partial charge in [0.05, 0.1) is 24.4 Å². The number of benzene rings is 1. The summed E-state index contributed by atoms with van der Waals surface area (Å²) in [6, 6.07) is 5.10. The number of carbonyl (C=O) groups is 2. The van der Waals surface area contributed by atoms with Gasteiger partial charge in [0.15, 0.2) is 5.96 Å². The van der Waals surface area contributed by atoms with E-state index < -0.39 is 0 Å². The molecule has 1 heterocycles. The van der Waals surface area contributed by atoms with Crippen molar-refractivity contribution in [2.75, 3.05) is 13.1 Å². The van der Waals surface area contributed by atoms with Gasteiger partial charge in [0.1, 0.15) is 0 Å². The Balaban J connectivity index is 0.00000240. The van der Waals surface area contributed by atoms with Crippen LogP contribution in [0.1, 0.15) is 24.9 Å². The molecule has 5 unspecified atom stereocenters. The Morgan fingerprint density at radius 1 is 1.24 bits per heavy atom. The van der Waals surface area contributed by atoms with Gasteiger partial charge in [-0.15, -0.1) is 24.0 Å². The average molecular weight is 549 g/mol. The van der Waals surface area contributed by atoms with E-state index in [1.807, 2.05) is 13.0 Å². The number of halogens is 3. The lowest BCUT2D eigenvalue weighted by molar-refractivity contribution is -0.140. The molecule has 156 valence electrons. The molecule has 0 aromatic heterocycles. The second-order valence-electron chi connectivity index (χ2n) is 7.63. The Labute approximate surface area is 196 Å². The molecular weight excluding hydrogens is 526 g/mol. The van der Waals surface area contributed by atoms with Crippen molar-refractivity contribution in [2.24, 2.45) is 34.4 Å². The quantitative estimate of drug-likeness (QED) is 0.194. The first-order valence-corrected chi connectivity index (χ1v) is 10.2. The van der Waals surface area contributed by atoms with Crippen molar-refractivity contribution in [3.05, 3.63) is 46.0 Å². The van der Waals surface area contributed by atoms with Gasteiger partial charge in [-0.3, -0.25) is 19.5 Å². The predicted octanol–water partition coefficient (Wildman–Crippen LogP) is 3.38. The van der Waals surface area contributed by atoms with Crippen LogP contribution in [0.5, 0.6) is 0 Å². The average Bonchev–Trinajstić information content (AvgIpc) is 3.31.